The highest BCUT2D eigenvalue weighted by atomic mass is 79.9. The number of carbonyl (C=O) groups excluding carboxylic acids is 1. The van der Waals surface area contributed by atoms with E-state index >= 15 is 0 Å². The third-order valence-corrected chi connectivity index (χ3v) is 6.67. The molecule has 0 spiro atoms. The molecule has 31 heavy (non-hydrogen) atoms. The zero-order valence-electron chi connectivity index (χ0n) is 17.7. The van der Waals surface area contributed by atoms with Crippen LogP contribution in [-0.2, 0) is 11.2 Å². The van der Waals surface area contributed by atoms with Crippen molar-refractivity contribution in [1.29, 1.82) is 0 Å². The highest BCUT2D eigenvalue weighted by Gasteiger charge is 2.23. The summed E-state index contributed by atoms with van der Waals surface area (Å²) in [6.07, 6.45) is 2.71. The molecule has 0 aliphatic heterocycles. The number of ether oxygens (including phenoxy) is 1. The minimum atomic E-state index is -0.573. The minimum Gasteiger partial charge on any atom is -0.444 e. The van der Waals surface area contributed by atoms with Crippen LogP contribution in [0.25, 0.3) is 10.2 Å². The van der Waals surface area contributed by atoms with Crippen molar-refractivity contribution in [2.75, 3.05) is 11.9 Å². The molecule has 7 nitrogen and oxygen atoms in total. The lowest BCUT2D eigenvalue weighted by Gasteiger charge is -2.21. The van der Waals surface area contributed by atoms with E-state index in [9.17, 15) is 9.18 Å². The molecular weight excluding hydrogens is 509 g/mol. The maximum absolute atomic E-state index is 14.3. The van der Waals surface area contributed by atoms with Gasteiger partial charge in [-0.15, -0.1) is 11.3 Å². The molecular formula is C20H22BrClFN5O2S. The van der Waals surface area contributed by atoms with Gasteiger partial charge in [0.15, 0.2) is 11.6 Å². The fraction of sp³-hybridized carbons (Fsp3) is 0.400. The first-order valence-corrected chi connectivity index (χ1v) is 11.4. The third-order valence-electron chi connectivity index (χ3n) is 4.18. The van der Waals surface area contributed by atoms with Crippen LogP contribution in [0.4, 0.5) is 20.7 Å². The fourth-order valence-corrected chi connectivity index (χ4v) is 5.18. The van der Waals surface area contributed by atoms with Gasteiger partial charge in [0.2, 0.25) is 5.28 Å². The quantitative estimate of drug-likeness (QED) is 0.416. The largest absolute Gasteiger partial charge is 0.444 e. The second-order valence-corrected chi connectivity index (χ2v) is 10.2. The van der Waals surface area contributed by atoms with Crippen LogP contribution in [0.1, 0.15) is 32.6 Å². The Morgan fingerprint density at radius 3 is 2.77 bits per heavy atom. The average molecular weight is 531 g/mol. The van der Waals surface area contributed by atoms with E-state index in [4.69, 9.17) is 16.3 Å². The average Bonchev–Trinajstić information content (AvgIpc) is 2.95. The Balaban J connectivity index is 1.92. The van der Waals surface area contributed by atoms with Crippen LogP contribution in [0.3, 0.4) is 0 Å². The van der Waals surface area contributed by atoms with E-state index in [-0.39, 0.29) is 11.3 Å². The molecule has 0 aliphatic carbocycles. The lowest BCUT2D eigenvalue weighted by atomic mass is 10.2. The molecule has 166 valence electrons. The summed E-state index contributed by atoms with van der Waals surface area (Å²) in [5, 5.41) is 2.88. The third kappa shape index (κ3) is 5.61. The highest BCUT2D eigenvalue weighted by molar-refractivity contribution is 9.10. The number of aromatic nitrogens is 3. The maximum atomic E-state index is 14.3. The molecule has 1 N–H and O–H groups in total. The fourth-order valence-electron chi connectivity index (χ4n) is 2.91. The van der Waals surface area contributed by atoms with E-state index in [0.717, 1.165) is 20.2 Å². The van der Waals surface area contributed by atoms with Crippen LogP contribution in [0.5, 0.6) is 0 Å². The van der Waals surface area contributed by atoms with Crippen LogP contribution in [0.2, 0.25) is 5.28 Å². The Morgan fingerprint density at radius 2 is 2.13 bits per heavy atom. The molecule has 3 aromatic rings. The Bertz CT molecular complexity index is 1120. The van der Waals surface area contributed by atoms with E-state index in [1.54, 1.807) is 18.0 Å². The van der Waals surface area contributed by atoms with Crippen molar-refractivity contribution < 1.29 is 13.9 Å². The summed E-state index contributed by atoms with van der Waals surface area (Å²) in [6.45, 7) is 7.32. The number of hydrogen-bond donors (Lipinski definition) is 1. The van der Waals surface area contributed by atoms with Gasteiger partial charge in [0, 0.05) is 30.6 Å². The van der Waals surface area contributed by atoms with Gasteiger partial charge < -0.3 is 15.0 Å². The molecule has 1 atom stereocenters. The monoisotopic (exact) mass is 529 g/mol. The summed E-state index contributed by atoms with van der Waals surface area (Å²) in [7, 11) is 1.70. The number of alkyl carbamates (subject to hydrolysis) is 1. The molecule has 0 radical (unpaired) electrons. The molecule has 1 amide bonds. The summed E-state index contributed by atoms with van der Waals surface area (Å²) < 4.78 is 21.1. The zero-order chi connectivity index (χ0) is 22.9. The summed E-state index contributed by atoms with van der Waals surface area (Å²) in [4.78, 5) is 27.1. The molecule has 0 fully saturated rings. The van der Waals surface area contributed by atoms with Gasteiger partial charge in [-0.25, -0.2) is 14.2 Å². The Morgan fingerprint density at radius 1 is 1.42 bits per heavy atom. The van der Waals surface area contributed by atoms with E-state index < -0.39 is 17.5 Å². The number of pyridine rings is 1. The number of anilines is 2. The molecule has 3 heterocycles. The lowest BCUT2D eigenvalue weighted by molar-refractivity contribution is 0.0508. The highest BCUT2D eigenvalue weighted by Crippen LogP contribution is 2.41. The first kappa shape index (κ1) is 23.6. The van der Waals surface area contributed by atoms with Crippen molar-refractivity contribution in [3.05, 3.63) is 38.9 Å². The Labute approximate surface area is 197 Å². The number of thiophene rings is 1. The van der Waals surface area contributed by atoms with Crippen LogP contribution < -0.4 is 10.2 Å². The van der Waals surface area contributed by atoms with E-state index in [0.29, 0.717) is 23.4 Å². The Hall–Kier alpha value is -2.04. The summed E-state index contributed by atoms with van der Waals surface area (Å²) in [6, 6.07) is 1.37. The van der Waals surface area contributed by atoms with Crippen molar-refractivity contribution in [3.8, 4) is 0 Å². The second-order valence-electron chi connectivity index (χ2n) is 7.97. The van der Waals surface area contributed by atoms with Gasteiger partial charge in [0.05, 0.1) is 21.1 Å². The van der Waals surface area contributed by atoms with Gasteiger partial charge in [0.25, 0.3) is 0 Å². The topological polar surface area (TPSA) is 80.2 Å². The van der Waals surface area contributed by atoms with Crippen LogP contribution in [-0.4, -0.2) is 39.7 Å². The van der Waals surface area contributed by atoms with Crippen molar-refractivity contribution >= 4 is 66.7 Å². The lowest BCUT2D eigenvalue weighted by Crippen LogP contribution is -2.38. The summed E-state index contributed by atoms with van der Waals surface area (Å²) in [5.74, 6) is 0.00344. The van der Waals surface area contributed by atoms with Crippen molar-refractivity contribution in [1.82, 2.24) is 20.3 Å². The van der Waals surface area contributed by atoms with Crippen molar-refractivity contribution in [2.45, 2.75) is 45.8 Å². The summed E-state index contributed by atoms with van der Waals surface area (Å²) in [5.41, 5.74) is 0.369. The van der Waals surface area contributed by atoms with Gasteiger partial charge in [-0.05, 0) is 61.3 Å². The first-order valence-electron chi connectivity index (χ1n) is 9.43. The molecule has 0 aromatic carbocycles. The van der Waals surface area contributed by atoms with Crippen LogP contribution in [0, 0.1) is 5.82 Å². The normalized spacial score (nSPS) is 12.6. The SMILES string of the molecule is C[C@@H](Cc1sc2c(N(C)c3ccncc3F)nc(Cl)nc2c1Br)NC(=O)OC(C)(C)C. The first-order chi connectivity index (χ1) is 14.5. The van der Waals surface area contributed by atoms with E-state index in [2.05, 4.69) is 36.2 Å². The zero-order valence-corrected chi connectivity index (χ0v) is 20.8. The van der Waals surface area contributed by atoms with Gasteiger partial charge in [-0.1, -0.05) is 0 Å². The molecule has 0 saturated carbocycles. The number of hydrogen-bond acceptors (Lipinski definition) is 7. The van der Waals surface area contributed by atoms with Crippen molar-refractivity contribution in [2.24, 2.45) is 0 Å². The van der Waals surface area contributed by atoms with E-state index in [1.807, 2.05) is 27.7 Å². The second kappa shape index (κ2) is 9.22. The Kier molecular flexibility index (Phi) is 7.02. The van der Waals surface area contributed by atoms with E-state index in [1.165, 1.54) is 17.5 Å². The molecule has 3 aromatic heterocycles. The minimum absolute atomic E-state index is 0.0498. The number of amides is 1. The van der Waals surface area contributed by atoms with Crippen molar-refractivity contribution in [3.63, 3.8) is 0 Å². The number of nitrogens with one attached hydrogen (secondary N) is 1. The van der Waals surface area contributed by atoms with Gasteiger partial charge in [-0.3, -0.25) is 4.98 Å². The number of carbonyl (C=O) groups is 1. The molecule has 3 rings (SSSR count). The molecule has 0 bridgehead atoms. The van der Waals surface area contributed by atoms with Gasteiger partial charge >= 0.3 is 6.09 Å². The predicted molar refractivity (Wildman–Crippen MR) is 125 cm³/mol. The molecule has 0 unspecified atom stereocenters. The molecule has 0 saturated heterocycles. The maximum Gasteiger partial charge on any atom is 0.407 e. The summed E-state index contributed by atoms with van der Waals surface area (Å²) >= 11 is 11.2. The molecule has 0 aliphatic rings. The molecule has 11 heteroatoms. The van der Waals surface area contributed by atoms with Crippen LogP contribution >= 0.6 is 38.9 Å². The number of fused-ring (bicyclic) bond motifs is 1. The smallest absolute Gasteiger partial charge is 0.407 e. The number of rotatable bonds is 5. The van der Waals surface area contributed by atoms with Gasteiger partial charge in [0.1, 0.15) is 11.1 Å². The predicted octanol–water partition coefficient (Wildman–Crippen LogP) is 5.86. The van der Waals surface area contributed by atoms with Crippen LogP contribution in [0.15, 0.2) is 22.9 Å². The number of halogens is 3. The van der Waals surface area contributed by atoms with Gasteiger partial charge in [-0.2, -0.15) is 4.98 Å². The number of nitrogens with zero attached hydrogens (tertiary/aromatic N) is 4. The standard InChI is InChI=1S/C20H22BrClFN5O2S/c1-10(25-19(29)30-20(2,3)4)8-13-14(21)15-16(31-13)17(27-18(22)26-15)28(5)12-6-7-24-9-11(12)23/h6-7,9-10H,8H2,1-5H3,(H,25,29)/t10-/m0/s1.